The minimum Gasteiger partial charge on any atom is -0.465 e. The fraction of sp³-hybridized carbons (Fsp3) is 0.941. The molecule has 0 amide bonds. The largest absolute Gasteiger partial charge is 0.465 e. The van der Waals surface area contributed by atoms with E-state index in [1.54, 1.807) is 0 Å². The molecule has 38 heavy (non-hydrogen) atoms. The van der Waals surface area contributed by atoms with E-state index in [1.165, 1.54) is 77.0 Å². The predicted octanol–water partition coefficient (Wildman–Crippen LogP) is 9.92. The van der Waals surface area contributed by atoms with Crippen LogP contribution in [0.1, 0.15) is 157 Å². The van der Waals surface area contributed by atoms with Gasteiger partial charge in [-0.05, 0) is 62.2 Å². The molecule has 0 aromatic carbocycles. The van der Waals surface area contributed by atoms with Crippen molar-refractivity contribution in [3.05, 3.63) is 0 Å². The monoisotopic (exact) mass is 536 g/mol. The zero-order chi connectivity index (χ0) is 28.2. The summed E-state index contributed by atoms with van der Waals surface area (Å²) in [6, 6.07) is 0. The van der Waals surface area contributed by atoms with Crippen LogP contribution in [0.3, 0.4) is 0 Å². The number of rotatable bonds is 22. The van der Waals surface area contributed by atoms with Crippen molar-refractivity contribution in [1.29, 1.82) is 0 Å². The lowest BCUT2D eigenvalue weighted by molar-refractivity contribution is -0.156. The lowest BCUT2D eigenvalue weighted by Gasteiger charge is -2.26. The summed E-state index contributed by atoms with van der Waals surface area (Å²) in [5.74, 6) is 2.26. The first kappa shape index (κ1) is 35.0. The number of esters is 2. The number of ether oxygens (including phenoxy) is 2. The van der Waals surface area contributed by atoms with E-state index in [2.05, 4.69) is 41.5 Å². The van der Waals surface area contributed by atoms with Crippen LogP contribution in [0, 0.1) is 35.5 Å². The molecule has 4 nitrogen and oxygen atoms in total. The van der Waals surface area contributed by atoms with Crippen LogP contribution in [-0.4, -0.2) is 25.2 Å². The maximum Gasteiger partial charge on any atom is 0.308 e. The lowest BCUT2D eigenvalue weighted by atomic mass is 9.82. The van der Waals surface area contributed by atoms with E-state index in [0.29, 0.717) is 25.0 Å². The Labute approximate surface area is 236 Å². The average molecular weight is 537 g/mol. The third kappa shape index (κ3) is 18.3. The van der Waals surface area contributed by atoms with E-state index in [4.69, 9.17) is 9.47 Å². The second-order valence-corrected chi connectivity index (χ2v) is 13.5. The van der Waals surface area contributed by atoms with Gasteiger partial charge >= 0.3 is 11.9 Å². The minimum atomic E-state index is -0.0600. The van der Waals surface area contributed by atoms with E-state index in [-0.39, 0.29) is 23.8 Å². The van der Waals surface area contributed by atoms with Gasteiger partial charge in [0.15, 0.2) is 0 Å². The minimum absolute atomic E-state index is 0.0494. The predicted molar refractivity (Wildman–Crippen MR) is 160 cm³/mol. The van der Waals surface area contributed by atoms with Crippen LogP contribution in [0.2, 0.25) is 0 Å². The molecule has 2 atom stereocenters. The molecule has 0 bridgehead atoms. The van der Waals surface area contributed by atoms with Gasteiger partial charge in [0.25, 0.3) is 0 Å². The lowest BCUT2D eigenvalue weighted by Crippen LogP contribution is -2.29. The third-order valence-corrected chi connectivity index (χ3v) is 8.37. The molecule has 1 fully saturated rings. The fourth-order valence-electron chi connectivity index (χ4n) is 5.57. The van der Waals surface area contributed by atoms with Crippen LogP contribution in [0.15, 0.2) is 0 Å². The Morgan fingerprint density at radius 2 is 0.789 bits per heavy atom. The summed E-state index contributed by atoms with van der Waals surface area (Å²) in [4.78, 5) is 25.1. The van der Waals surface area contributed by atoms with E-state index < -0.39 is 0 Å². The van der Waals surface area contributed by atoms with Crippen LogP contribution in [-0.2, 0) is 19.1 Å². The Hall–Kier alpha value is -1.06. The average Bonchev–Trinajstić information content (AvgIpc) is 2.89. The molecule has 0 aliphatic heterocycles. The maximum atomic E-state index is 12.6. The highest BCUT2D eigenvalue weighted by molar-refractivity contribution is 5.75. The van der Waals surface area contributed by atoms with Gasteiger partial charge in [-0.2, -0.15) is 0 Å². The SMILES string of the molecule is CC(C)CCCCCCCC(C)COC(=O)C1CCC(C(=O)OCC(C)CCCCCCCC(C)C)CC1. The molecule has 0 spiro atoms. The highest BCUT2D eigenvalue weighted by Gasteiger charge is 2.32. The van der Waals surface area contributed by atoms with Crippen molar-refractivity contribution in [3.63, 3.8) is 0 Å². The van der Waals surface area contributed by atoms with Crippen LogP contribution in [0.4, 0.5) is 0 Å². The van der Waals surface area contributed by atoms with Crippen LogP contribution < -0.4 is 0 Å². The molecule has 1 rings (SSSR count). The second kappa shape index (κ2) is 21.7. The Kier molecular flexibility index (Phi) is 20.0. The zero-order valence-electron chi connectivity index (χ0n) is 26.2. The molecule has 0 aromatic rings. The van der Waals surface area contributed by atoms with Crippen molar-refractivity contribution in [1.82, 2.24) is 0 Å². The smallest absolute Gasteiger partial charge is 0.308 e. The Morgan fingerprint density at radius 3 is 1.11 bits per heavy atom. The molecule has 0 radical (unpaired) electrons. The van der Waals surface area contributed by atoms with Gasteiger partial charge in [-0.15, -0.1) is 0 Å². The summed E-state index contributed by atoms with van der Waals surface area (Å²) in [6.07, 6.45) is 21.0. The van der Waals surface area contributed by atoms with Gasteiger partial charge in [-0.3, -0.25) is 9.59 Å². The van der Waals surface area contributed by atoms with Crippen molar-refractivity contribution in [3.8, 4) is 0 Å². The van der Waals surface area contributed by atoms with Gasteiger partial charge in [0, 0.05) is 0 Å². The molecule has 0 saturated heterocycles. The van der Waals surface area contributed by atoms with Crippen molar-refractivity contribution in [2.75, 3.05) is 13.2 Å². The van der Waals surface area contributed by atoms with Gasteiger partial charge < -0.3 is 9.47 Å². The van der Waals surface area contributed by atoms with E-state index in [9.17, 15) is 9.59 Å². The maximum absolute atomic E-state index is 12.6. The molecule has 0 heterocycles. The molecule has 1 saturated carbocycles. The summed E-state index contributed by atoms with van der Waals surface area (Å²) in [5.41, 5.74) is 0. The zero-order valence-corrected chi connectivity index (χ0v) is 26.2. The second-order valence-electron chi connectivity index (χ2n) is 13.5. The Morgan fingerprint density at radius 1 is 0.500 bits per heavy atom. The van der Waals surface area contributed by atoms with Gasteiger partial charge in [0.2, 0.25) is 0 Å². The first-order valence-corrected chi connectivity index (χ1v) is 16.5. The van der Waals surface area contributed by atoms with E-state index >= 15 is 0 Å². The van der Waals surface area contributed by atoms with Gasteiger partial charge in [0.1, 0.15) is 0 Å². The summed E-state index contributed by atoms with van der Waals surface area (Å²) in [6.45, 7) is 14.6. The number of carbonyl (C=O) groups excluding carboxylic acids is 2. The highest BCUT2D eigenvalue weighted by atomic mass is 16.5. The molecule has 0 aromatic heterocycles. The first-order valence-electron chi connectivity index (χ1n) is 16.5. The van der Waals surface area contributed by atoms with Crippen molar-refractivity contribution >= 4 is 11.9 Å². The number of carbonyl (C=O) groups is 2. The van der Waals surface area contributed by atoms with Gasteiger partial charge in [0.05, 0.1) is 25.0 Å². The van der Waals surface area contributed by atoms with Crippen LogP contribution >= 0.6 is 0 Å². The summed E-state index contributed by atoms with van der Waals surface area (Å²) < 4.78 is 11.3. The van der Waals surface area contributed by atoms with Gasteiger partial charge in [-0.25, -0.2) is 0 Å². The van der Waals surface area contributed by atoms with Crippen molar-refractivity contribution in [2.45, 2.75) is 157 Å². The number of hydrogen-bond acceptors (Lipinski definition) is 4. The standard InChI is InChI=1S/C34H64O4/c1-27(2)17-13-9-7-11-15-19-29(5)25-37-33(35)31-21-23-32(24-22-31)34(36)38-26-30(6)20-16-12-8-10-14-18-28(3)4/h27-32H,7-26H2,1-6H3. The molecular formula is C34H64O4. The van der Waals surface area contributed by atoms with Crippen molar-refractivity contribution in [2.24, 2.45) is 35.5 Å². The normalized spacial score (nSPS) is 19.5. The molecule has 2 unspecified atom stereocenters. The topological polar surface area (TPSA) is 52.6 Å². The molecule has 4 heteroatoms. The van der Waals surface area contributed by atoms with E-state index in [0.717, 1.165) is 50.4 Å². The third-order valence-electron chi connectivity index (χ3n) is 8.37. The molecule has 1 aliphatic rings. The highest BCUT2D eigenvalue weighted by Crippen LogP contribution is 2.31. The van der Waals surface area contributed by atoms with E-state index in [1.807, 2.05) is 0 Å². The number of hydrogen-bond donors (Lipinski definition) is 0. The summed E-state index contributed by atoms with van der Waals surface area (Å²) in [7, 11) is 0. The molecule has 224 valence electrons. The summed E-state index contributed by atoms with van der Waals surface area (Å²) >= 11 is 0. The number of unbranched alkanes of at least 4 members (excludes halogenated alkanes) is 8. The van der Waals surface area contributed by atoms with Gasteiger partial charge in [-0.1, -0.05) is 119 Å². The Bertz CT molecular complexity index is 539. The Balaban J connectivity index is 2.07. The van der Waals surface area contributed by atoms with Crippen LogP contribution in [0.5, 0.6) is 0 Å². The first-order chi connectivity index (χ1) is 18.2. The molecule has 0 N–H and O–H groups in total. The molecule has 1 aliphatic carbocycles. The van der Waals surface area contributed by atoms with Crippen molar-refractivity contribution < 1.29 is 19.1 Å². The molecular weight excluding hydrogens is 472 g/mol. The summed E-state index contributed by atoms with van der Waals surface area (Å²) in [5, 5.41) is 0. The fourth-order valence-corrected chi connectivity index (χ4v) is 5.57. The quantitative estimate of drug-likeness (QED) is 0.102. The van der Waals surface area contributed by atoms with Crippen LogP contribution in [0.25, 0.3) is 0 Å².